The molecule has 1 aliphatic carbocycles. The Kier molecular flexibility index (Phi) is 8.13. The molecule has 2 aromatic rings. The molecule has 6 heteroatoms. The molecule has 194 valence electrons. The summed E-state index contributed by atoms with van der Waals surface area (Å²) in [6.45, 7) is 8.08. The Hall–Kier alpha value is -3.27. The first-order valence-corrected chi connectivity index (χ1v) is 13.5. The van der Waals surface area contributed by atoms with E-state index in [2.05, 4.69) is 76.4 Å². The SMILES string of the molecule is COc1ccc(C2CN(C)Cc3cc(OCCCN4CCN(C5=CC=C(C#N)CC5)CC4)ccc32)cc1. The van der Waals surface area contributed by atoms with Crippen LogP contribution in [-0.4, -0.2) is 74.7 Å². The largest absolute Gasteiger partial charge is 0.497 e. The molecule has 1 atom stereocenters. The second-order valence-electron chi connectivity index (χ2n) is 10.4. The number of nitrogens with zero attached hydrogens (tertiary/aromatic N) is 4. The van der Waals surface area contributed by atoms with Crippen molar-refractivity contribution in [1.82, 2.24) is 14.7 Å². The van der Waals surface area contributed by atoms with E-state index in [1.165, 1.54) is 22.4 Å². The van der Waals surface area contributed by atoms with E-state index in [0.717, 1.165) is 88.8 Å². The van der Waals surface area contributed by atoms with E-state index in [9.17, 15) is 0 Å². The van der Waals surface area contributed by atoms with Crippen LogP contribution in [0.4, 0.5) is 0 Å². The van der Waals surface area contributed by atoms with Gasteiger partial charge < -0.3 is 19.3 Å². The van der Waals surface area contributed by atoms with Gasteiger partial charge in [-0.25, -0.2) is 0 Å². The quantitative estimate of drug-likeness (QED) is 0.488. The third kappa shape index (κ3) is 6.18. The molecule has 3 aliphatic rings. The number of rotatable bonds is 8. The highest BCUT2D eigenvalue weighted by Gasteiger charge is 2.25. The van der Waals surface area contributed by atoms with E-state index in [4.69, 9.17) is 14.7 Å². The van der Waals surface area contributed by atoms with Gasteiger partial charge in [-0.3, -0.25) is 4.90 Å². The molecular formula is C31H38N4O2. The molecule has 0 radical (unpaired) electrons. The molecule has 2 aromatic carbocycles. The molecule has 0 N–H and O–H groups in total. The molecular weight excluding hydrogens is 460 g/mol. The van der Waals surface area contributed by atoms with Crippen molar-refractivity contribution in [1.29, 1.82) is 5.26 Å². The third-order valence-electron chi connectivity index (χ3n) is 7.88. The van der Waals surface area contributed by atoms with Gasteiger partial charge in [0.25, 0.3) is 0 Å². The molecule has 0 amide bonds. The standard InChI is InChI=1S/C31H38N4O2/c1-33-22-26-20-29(12-13-30(26)31(23-33)25-6-10-28(36-2)11-7-25)37-19-3-14-34-15-17-35(18-16-34)27-8-4-24(21-32)5-9-27/h4,6-8,10-13,20,31H,3,5,9,14-19,22-23H2,1-2H3. The van der Waals surface area contributed by atoms with E-state index >= 15 is 0 Å². The van der Waals surface area contributed by atoms with Gasteiger partial charge >= 0.3 is 0 Å². The van der Waals surface area contributed by atoms with Crippen LogP contribution in [-0.2, 0) is 6.54 Å². The van der Waals surface area contributed by atoms with Gasteiger partial charge in [0.15, 0.2) is 0 Å². The van der Waals surface area contributed by atoms with Gasteiger partial charge in [-0.2, -0.15) is 5.26 Å². The van der Waals surface area contributed by atoms with E-state index in [-0.39, 0.29) is 0 Å². The number of piperazine rings is 1. The number of methoxy groups -OCH3 is 1. The van der Waals surface area contributed by atoms with Crippen LogP contribution >= 0.6 is 0 Å². The van der Waals surface area contributed by atoms with Crippen LogP contribution in [0.15, 0.2) is 65.9 Å². The number of allylic oxidation sites excluding steroid dienone is 4. The predicted molar refractivity (Wildman–Crippen MR) is 147 cm³/mol. The Morgan fingerprint density at radius 2 is 1.76 bits per heavy atom. The number of likely N-dealkylation sites (N-methyl/N-ethyl adjacent to an activating group) is 1. The summed E-state index contributed by atoms with van der Waals surface area (Å²) < 4.78 is 11.5. The van der Waals surface area contributed by atoms with Crippen LogP contribution in [0.25, 0.3) is 0 Å². The van der Waals surface area contributed by atoms with Crippen molar-refractivity contribution in [2.75, 3.05) is 60.0 Å². The molecule has 0 spiro atoms. The summed E-state index contributed by atoms with van der Waals surface area (Å²) in [6, 6.07) is 17.4. The smallest absolute Gasteiger partial charge is 0.119 e. The third-order valence-corrected chi connectivity index (χ3v) is 7.88. The number of hydrogen-bond donors (Lipinski definition) is 0. The van der Waals surface area contributed by atoms with Crippen LogP contribution in [0, 0.1) is 11.3 Å². The summed E-state index contributed by atoms with van der Waals surface area (Å²) in [6.07, 6.45) is 7.02. The molecule has 1 unspecified atom stereocenters. The summed E-state index contributed by atoms with van der Waals surface area (Å²) in [4.78, 5) is 7.42. The van der Waals surface area contributed by atoms with Crippen molar-refractivity contribution in [2.24, 2.45) is 0 Å². The van der Waals surface area contributed by atoms with Gasteiger partial charge in [0.1, 0.15) is 11.5 Å². The first-order valence-electron chi connectivity index (χ1n) is 13.5. The Balaban J connectivity index is 1.10. The van der Waals surface area contributed by atoms with E-state index in [1.54, 1.807) is 7.11 Å². The fraction of sp³-hybridized carbons (Fsp3) is 0.452. The van der Waals surface area contributed by atoms with E-state index in [0.29, 0.717) is 5.92 Å². The lowest BCUT2D eigenvalue weighted by Crippen LogP contribution is -2.46. The molecule has 0 aromatic heterocycles. The number of benzene rings is 2. The second-order valence-corrected chi connectivity index (χ2v) is 10.4. The fourth-order valence-corrected chi connectivity index (χ4v) is 5.76. The average molecular weight is 499 g/mol. The van der Waals surface area contributed by atoms with Crippen LogP contribution in [0.3, 0.4) is 0 Å². The Labute approximate surface area is 221 Å². The summed E-state index contributed by atoms with van der Waals surface area (Å²) in [5, 5.41) is 9.05. The van der Waals surface area contributed by atoms with Crippen molar-refractivity contribution < 1.29 is 9.47 Å². The number of ether oxygens (including phenoxy) is 2. The summed E-state index contributed by atoms with van der Waals surface area (Å²) in [5.41, 5.74) is 6.36. The van der Waals surface area contributed by atoms with Crippen LogP contribution in [0.1, 0.15) is 41.9 Å². The maximum Gasteiger partial charge on any atom is 0.119 e. The minimum Gasteiger partial charge on any atom is -0.497 e. The zero-order valence-corrected chi connectivity index (χ0v) is 22.2. The van der Waals surface area contributed by atoms with Crippen LogP contribution < -0.4 is 9.47 Å². The minimum absolute atomic E-state index is 0.362. The number of fused-ring (bicyclic) bond motifs is 1. The summed E-state index contributed by atoms with van der Waals surface area (Å²) in [7, 11) is 3.90. The van der Waals surface area contributed by atoms with Gasteiger partial charge in [0.05, 0.1) is 19.8 Å². The maximum absolute atomic E-state index is 9.05. The number of nitriles is 1. The van der Waals surface area contributed by atoms with Crippen molar-refractivity contribution >= 4 is 0 Å². The highest BCUT2D eigenvalue weighted by molar-refractivity contribution is 5.45. The monoisotopic (exact) mass is 498 g/mol. The van der Waals surface area contributed by atoms with E-state index in [1.807, 2.05) is 6.08 Å². The molecule has 2 aliphatic heterocycles. The Morgan fingerprint density at radius 1 is 0.973 bits per heavy atom. The lowest BCUT2D eigenvalue weighted by molar-refractivity contribution is 0.147. The van der Waals surface area contributed by atoms with Crippen molar-refractivity contribution in [2.45, 2.75) is 31.7 Å². The first-order chi connectivity index (χ1) is 18.1. The van der Waals surface area contributed by atoms with Gasteiger partial charge in [-0.05, 0) is 79.4 Å². The molecule has 6 nitrogen and oxygen atoms in total. The topological polar surface area (TPSA) is 52.0 Å². The minimum atomic E-state index is 0.362. The fourth-order valence-electron chi connectivity index (χ4n) is 5.76. The Bertz CT molecular complexity index is 1170. The van der Waals surface area contributed by atoms with Gasteiger partial charge in [0, 0.05) is 63.0 Å². The van der Waals surface area contributed by atoms with Gasteiger partial charge in [0.2, 0.25) is 0 Å². The average Bonchev–Trinajstić information content (AvgIpc) is 2.95. The molecule has 1 fully saturated rings. The van der Waals surface area contributed by atoms with Gasteiger partial charge in [-0.1, -0.05) is 18.2 Å². The van der Waals surface area contributed by atoms with Gasteiger partial charge in [-0.15, -0.1) is 0 Å². The molecule has 2 heterocycles. The Morgan fingerprint density at radius 3 is 2.46 bits per heavy atom. The molecule has 0 saturated carbocycles. The van der Waals surface area contributed by atoms with Crippen molar-refractivity contribution in [3.05, 3.63) is 82.6 Å². The van der Waals surface area contributed by atoms with E-state index < -0.39 is 0 Å². The van der Waals surface area contributed by atoms with Crippen molar-refractivity contribution in [3.8, 4) is 17.6 Å². The molecule has 1 saturated heterocycles. The van der Waals surface area contributed by atoms with Crippen molar-refractivity contribution in [3.63, 3.8) is 0 Å². The first kappa shape index (κ1) is 25.4. The second kappa shape index (κ2) is 11.9. The zero-order chi connectivity index (χ0) is 25.6. The predicted octanol–water partition coefficient (Wildman–Crippen LogP) is 4.79. The highest BCUT2D eigenvalue weighted by atomic mass is 16.5. The summed E-state index contributed by atoms with van der Waals surface area (Å²) in [5.74, 6) is 2.23. The van der Waals surface area contributed by atoms with Crippen LogP contribution in [0.2, 0.25) is 0 Å². The normalized spacial score (nSPS) is 20.5. The van der Waals surface area contributed by atoms with Crippen LogP contribution in [0.5, 0.6) is 11.5 Å². The number of hydrogen-bond acceptors (Lipinski definition) is 6. The molecule has 5 rings (SSSR count). The highest BCUT2D eigenvalue weighted by Crippen LogP contribution is 2.35. The zero-order valence-electron chi connectivity index (χ0n) is 22.2. The summed E-state index contributed by atoms with van der Waals surface area (Å²) >= 11 is 0. The lowest BCUT2D eigenvalue weighted by atomic mass is 9.84. The molecule has 37 heavy (non-hydrogen) atoms. The lowest BCUT2D eigenvalue weighted by Gasteiger charge is -2.38. The maximum atomic E-state index is 9.05. The molecule has 0 bridgehead atoms.